The molecule has 0 aliphatic carbocycles. The number of amides is 1. The molecule has 0 bridgehead atoms. The van der Waals surface area contributed by atoms with E-state index in [-0.39, 0.29) is 12.5 Å². The van der Waals surface area contributed by atoms with Crippen LogP contribution in [0.5, 0.6) is 0 Å². The van der Waals surface area contributed by atoms with Crippen molar-refractivity contribution in [2.24, 2.45) is 0 Å². The fourth-order valence-corrected chi connectivity index (χ4v) is 4.99. The third-order valence-corrected chi connectivity index (χ3v) is 6.09. The zero-order valence-electron chi connectivity index (χ0n) is 12.6. The first-order chi connectivity index (χ1) is 10.3. The van der Waals surface area contributed by atoms with Crippen molar-refractivity contribution in [3.05, 3.63) is 0 Å². The van der Waals surface area contributed by atoms with Crippen molar-refractivity contribution in [3.8, 4) is 0 Å². The van der Waals surface area contributed by atoms with Gasteiger partial charge >= 0.3 is 0 Å². The van der Waals surface area contributed by atoms with Crippen LogP contribution in [-0.2, 0) is 14.3 Å². The van der Waals surface area contributed by atoms with Gasteiger partial charge in [0.1, 0.15) is 0 Å². The Morgan fingerprint density at radius 3 is 2.71 bits per heavy atom. The molecule has 1 amide bonds. The van der Waals surface area contributed by atoms with Gasteiger partial charge in [0.2, 0.25) is 5.91 Å². The van der Waals surface area contributed by atoms with Gasteiger partial charge in [-0.15, -0.1) is 0 Å². The van der Waals surface area contributed by atoms with Gasteiger partial charge in [0, 0.05) is 24.0 Å². The van der Waals surface area contributed by atoms with Crippen LogP contribution in [0.15, 0.2) is 0 Å². The van der Waals surface area contributed by atoms with Crippen molar-refractivity contribution >= 4 is 27.5 Å². The Morgan fingerprint density at radius 2 is 2.00 bits per heavy atom. The number of nitrogens with one attached hydrogen (secondary N) is 1. The highest BCUT2D eigenvalue weighted by molar-refractivity contribution is 8.77. The molecule has 1 fully saturated rings. The minimum atomic E-state index is 0.0360. The molecule has 0 spiro atoms. The number of aliphatic hydroxyl groups is 1. The molecule has 0 aromatic heterocycles. The van der Waals surface area contributed by atoms with E-state index in [9.17, 15) is 4.79 Å². The van der Waals surface area contributed by atoms with Crippen molar-refractivity contribution in [3.63, 3.8) is 0 Å². The topological polar surface area (TPSA) is 67.8 Å². The van der Waals surface area contributed by atoms with Crippen molar-refractivity contribution in [2.45, 2.75) is 37.4 Å². The van der Waals surface area contributed by atoms with Crippen LogP contribution in [0, 0.1) is 0 Å². The number of hydrogen-bond acceptors (Lipinski definition) is 6. The summed E-state index contributed by atoms with van der Waals surface area (Å²) in [6.45, 7) is 2.41. The van der Waals surface area contributed by atoms with Crippen LogP contribution in [0.1, 0.15) is 32.1 Å². The van der Waals surface area contributed by atoms with Gasteiger partial charge in [0.25, 0.3) is 0 Å². The molecule has 1 atom stereocenters. The van der Waals surface area contributed by atoms with Crippen LogP contribution in [0.2, 0.25) is 0 Å². The normalized spacial score (nSPS) is 18.0. The highest BCUT2D eigenvalue weighted by Crippen LogP contribution is 2.39. The lowest BCUT2D eigenvalue weighted by atomic mass is 10.1. The number of rotatable bonds is 13. The second-order valence-corrected chi connectivity index (χ2v) is 7.66. The number of ether oxygens (including phenoxy) is 2. The van der Waals surface area contributed by atoms with Crippen molar-refractivity contribution in [2.75, 3.05) is 45.3 Å². The molecule has 2 N–H and O–H groups in total. The first-order valence-electron chi connectivity index (χ1n) is 7.64. The van der Waals surface area contributed by atoms with Gasteiger partial charge in [0.15, 0.2) is 0 Å². The average molecular weight is 338 g/mol. The van der Waals surface area contributed by atoms with Gasteiger partial charge in [0.05, 0.1) is 33.0 Å². The smallest absolute Gasteiger partial charge is 0.220 e. The molecule has 0 radical (unpaired) electrons. The first-order valence-corrected chi connectivity index (χ1v) is 10.0. The van der Waals surface area contributed by atoms with Gasteiger partial charge in [-0.3, -0.25) is 4.79 Å². The molecule has 5 nitrogen and oxygen atoms in total. The predicted molar refractivity (Wildman–Crippen MR) is 88.7 cm³/mol. The number of aliphatic hydroxyl groups excluding tert-OH is 1. The number of carbonyl (C=O) groups excluding carboxylic acids is 1. The van der Waals surface area contributed by atoms with Crippen LogP contribution in [0.4, 0.5) is 0 Å². The zero-order valence-corrected chi connectivity index (χ0v) is 14.2. The summed E-state index contributed by atoms with van der Waals surface area (Å²) in [5.41, 5.74) is 0. The highest BCUT2D eigenvalue weighted by atomic mass is 33.1. The van der Waals surface area contributed by atoms with Crippen molar-refractivity contribution in [1.82, 2.24) is 5.32 Å². The Morgan fingerprint density at radius 1 is 1.19 bits per heavy atom. The molecular weight excluding hydrogens is 310 g/mol. The van der Waals surface area contributed by atoms with Crippen LogP contribution in [0.25, 0.3) is 0 Å². The van der Waals surface area contributed by atoms with Gasteiger partial charge in [-0.2, -0.15) is 0 Å². The molecular formula is C14H27NO4S2. The largest absolute Gasteiger partial charge is 0.394 e. The molecule has 0 saturated carbocycles. The van der Waals surface area contributed by atoms with Gasteiger partial charge in [-0.25, -0.2) is 0 Å². The fraction of sp³-hybridized carbons (Fsp3) is 0.929. The van der Waals surface area contributed by atoms with Gasteiger partial charge in [-0.1, -0.05) is 28.0 Å². The molecule has 1 rings (SSSR count). The average Bonchev–Trinajstić information content (AvgIpc) is 3.00. The van der Waals surface area contributed by atoms with E-state index in [0.29, 0.717) is 39.4 Å². The summed E-state index contributed by atoms with van der Waals surface area (Å²) in [5, 5.41) is 12.2. The molecule has 0 unspecified atom stereocenters. The summed E-state index contributed by atoms with van der Waals surface area (Å²) >= 11 is 0. The molecule has 1 heterocycles. The molecule has 0 aromatic rings. The Hall–Kier alpha value is 0.0500. The predicted octanol–water partition coefficient (Wildman–Crippen LogP) is 1.84. The van der Waals surface area contributed by atoms with Gasteiger partial charge < -0.3 is 19.9 Å². The molecule has 1 saturated heterocycles. The van der Waals surface area contributed by atoms with E-state index < -0.39 is 0 Å². The summed E-state index contributed by atoms with van der Waals surface area (Å²) in [6, 6.07) is 0. The van der Waals surface area contributed by atoms with E-state index in [1.165, 1.54) is 18.6 Å². The molecule has 7 heteroatoms. The lowest BCUT2D eigenvalue weighted by molar-refractivity contribution is -0.121. The van der Waals surface area contributed by atoms with E-state index in [4.69, 9.17) is 14.6 Å². The maximum Gasteiger partial charge on any atom is 0.220 e. The zero-order chi connectivity index (χ0) is 15.2. The number of carbonyl (C=O) groups is 1. The highest BCUT2D eigenvalue weighted by Gasteiger charge is 2.15. The Balaban J connectivity index is 1.78. The van der Waals surface area contributed by atoms with Crippen LogP contribution in [0.3, 0.4) is 0 Å². The van der Waals surface area contributed by atoms with E-state index in [1.54, 1.807) is 0 Å². The van der Waals surface area contributed by atoms with Gasteiger partial charge in [-0.05, 0) is 19.3 Å². The summed E-state index contributed by atoms with van der Waals surface area (Å²) in [4.78, 5) is 11.6. The second kappa shape index (κ2) is 13.7. The lowest BCUT2D eigenvalue weighted by Crippen LogP contribution is -2.27. The SMILES string of the molecule is O=C(CCCC[C@@H]1CCSS1)NCCOCCOCCO. The number of unbranched alkanes of at least 4 members (excludes halogenated alkanes) is 1. The maximum atomic E-state index is 11.6. The van der Waals surface area contributed by atoms with E-state index in [0.717, 1.165) is 18.1 Å². The third-order valence-electron chi connectivity index (χ3n) is 3.08. The standard InChI is InChI=1S/C14H27NO4S2/c16-7-9-19-11-10-18-8-6-15-14(17)4-2-1-3-13-5-12-20-21-13/h13,16H,1-12H2,(H,15,17)/t13-/m1/s1. The number of hydrogen-bond donors (Lipinski definition) is 2. The van der Waals surface area contributed by atoms with E-state index >= 15 is 0 Å². The Bertz CT molecular complexity index is 263. The Labute approximate surface area is 135 Å². The molecule has 124 valence electrons. The van der Waals surface area contributed by atoms with Crippen LogP contribution >= 0.6 is 21.6 Å². The summed E-state index contributed by atoms with van der Waals surface area (Å²) in [7, 11) is 3.97. The van der Waals surface area contributed by atoms with Crippen molar-refractivity contribution < 1.29 is 19.4 Å². The van der Waals surface area contributed by atoms with Crippen LogP contribution in [-0.4, -0.2) is 61.6 Å². The first kappa shape index (κ1) is 19.1. The minimum absolute atomic E-state index is 0.0360. The molecule has 0 aromatic carbocycles. The summed E-state index contributed by atoms with van der Waals surface area (Å²) in [6.07, 6.45) is 5.29. The molecule has 1 aliphatic rings. The minimum Gasteiger partial charge on any atom is -0.394 e. The summed E-state index contributed by atoms with van der Waals surface area (Å²) < 4.78 is 10.3. The second-order valence-electron chi connectivity index (χ2n) is 4.87. The van der Waals surface area contributed by atoms with Crippen LogP contribution < -0.4 is 5.32 Å². The molecule has 1 aliphatic heterocycles. The van der Waals surface area contributed by atoms with E-state index in [1.807, 2.05) is 21.6 Å². The summed E-state index contributed by atoms with van der Waals surface area (Å²) in [5.74, 6) is 1.39. The Kier molecular flexibility index (Phi) is 12.5. The van der Waals surface area contributed by atoms with Crippen molar-refractivity contribution in [1.29, 1.82) is 0 Å². The molecule has 21 heavy (non-hydrogen) atoms. The van der Waals surface area contributed by atoms with E-state index in [2.05, 4.69) is 5.32 Å². The maximum absolute atomic E-state index is 11.6. The fourth-order valence-electron chi connectivity index (χ4n) is 1.96. The lowest BCUT2D eigenvalue weighted by Gasteiger charge is -2.08. The monoisotopic (exact) mass is 337 g/mol. The quantitative estimate of drug-likeness (QED) is 0.395. The third kappa shape index (κ3) is 11.3.